The summed E-state index contributed by atoms with van der Waals surface area (Å²) < 4.78 is 10.2. The van der Waals surface area contributed by atoms with Gasteiger partial charge in [-0.15, -0.1) is 0 Å². The fraction of sp³-hybridized carbons (Fsp3) is 0.364. The SMILES string of the molecule is COC(=O)C1=CO[C@@H](C)[C@@H]2C(=O)N3[C@H](C(=O)O)Cc4c([nH]c5ccccc45)C(=O)[C@]3(O)[C@H]12. The molecule has 166 valence electrons. The number of H-pyrrole nitrogens is 1. The lowest BCUT2D eigenvalue weighted by Gasteiger charge is -2.38. The van der Waals surface area contributed by atoms with Crippen LogP contribution in [0.3, 0.4) is 0 Å². The quantitative estimate of drug-likeness (QED) is 0.576. The van der Waals surface area contributed by atoms with Gasteiger partial charge < -0.3 is 24.7 Å². The number of benzene rings is 1. The van der Waals surface area contributed by atoms with Crippen LogP contribution in [0.15, 0.2) is 36.1 Å². The summed E-state index contributed by atoms with van der Waals surface area (Å²) >= 11 is 0. The van der Waals surface area contributed by atoms with Gasteiger partial charge in [0.15, 0.2) is 0 Å². The molecule has 0 radical (unpaired) electrons. The lowest BCUT2D eigenvalue weighted by atomic mass is 9.76. The number of rotatable bonds is 2. The van der Waals surface area contributed by atoms with Gasteiger partial charge in [-0.2, -0.15) is 0 Å². The molecule has 10 nitrogen and oxygen atoms in total. The smallest absolute Gasteiger partial charge is 0.337 e. The number of carboxylic acids is 1. The Bertz CT molecular complexity index is 1230. The summed E-state index contributed by atoms with van der Waals surface area (Å²) in [7, 11) is 1.12. The van der Waals surface area contributed by atoms with Crippen molar-refractivity contribution in [2.75, 3.05) is 7.11 Å². The van der Waals surface area contributed by atoms with Gasteiger partial charge in [-0.05, 0) is 18.6 Å². The van der Waals surface area contributed by atoms with Crippen LogP contribution in [0.25, 0.3) is 10.9 Å². The summed E-state index contributed by atoms with van der Waals surface area (Å²) in [5.41, 5.74) is -1.81. The highest BCUT2D eigenvalue weighted by Crippen LogP contribution is 2.51. The van der Waals surface area contributed by atoms with E-state index in [4.69, 9.17) is 9.47 Å². The van der Waals surface area contributed by atoms with E-state index in [1.807, 2.05) is 0 Å². The Labute approximate surface area is 181 Å². The standard InChI is InChI=1S/C22H20N2O8/c1-9-15-16(12(8-32-9)21(29)31-2)22(30)18(25)17-11(10-5-3-4-6-13(10)23-17)7-14(20(27)28)24(22)19(15)26/h3-6,8-9,14-16,23,30H,7H2,1-2H3,(H,27,28)/t9-,14-,15-,16+,22+/m0/s1. The second-order valence-electron chi connectivity index (χ2n) is 8.26. The third-order valence-corrected chi connectivity index (χ3v) is 6.72. The number of aliphatic carboxylic acids is 1. The Morgan fingerprint density at radius 3 is 2.69 bits per heavy atom. The van der Waals surface area contributed by atoms with E-state index in [0.29, 0.717) is 16.5 Å². The number of hydrogen-bond donors (Lipinski definition) is 3. The number of Topliss-reactive ketones (excluding diaryl/α,β-unsaturated/α-hetero) is 1. The van der Waals surface area contributed by atoms with E-state index in [9.17, 15) is 29.4 Å². The van der Waals surface area contributed by atoms with Gasteiger partial charge in [-0.1, -0.05) is 18.2 Å². The molecular weight excluding hydrogens is 420 g/mol. The van der Waals surface area contributed by atoms with Gasteiger partial charge in [0, 0.05) is 17.3 Å². The molecule has 1 fully saturated rings. The molecule has 3 aliphatic rings. The molecule has 2 aromatic rings. The van der Waals surface area contributed by atoms with Crippen molar-refractivity contribution in [3.63, 3.8) is 0 Å². The van der Waals surface area contributed by atoms with E-state index < -0.39 is 53.3 Å². The minimum absolute atomic E-state index is 0.0132. The van der Waals surface area contributed by atoms with Crippen molar-refractivity contribution >= 4 is 34.5 Å². The van der Waals surface area contributed by atoms with Crippen LogP contribution in [0.2, 0.25) is 0 Å². The first kappa shape index (κ1) is 20.3. The molecule has 1 amide bonds. The fourth-order valence-corrected chi connectivity index (χ4v) is 5.30. The maximum atomic E-state index is 13.9. The number of esters is 1. The Balaban J connectivity index is 1.80. The lowest BCUT2D eigenvalue weighted by molar-refractivity contribution is -0.162. The molecule has 32 heavy (non-hydrogen) atoms. The number of carboxylic acid groups (broad SMARTS) is 1. The molecule has 3 N–H and O–H groups in total. The number of fused-ring (bicyclic) bond motifs is 6. The number of ketones is 1. The number of ether oxygens (including phenoxy) is 2. The predicted molar refractivity (Wildman–Crippen MR) is 107 cm³/mol. The van der Waals surface area contributed by atoms with Crippen molar-refractivity contribution in [1.29, 1.82) is 0 Å². The molecule has 10 heteroatoms. The number of aromatic nitrogens is 1. The minimum Gasteiger partial charge on any atom is -0.497 e. The van der Waals surface area contributed by atoms with Gasteiger partial charge in [-0.25, -0.2) is 9.59 Å². The van der Waals surface area contributed by atoms with Gasteiger partial charge >= 0.3 is 11.9 Å². The van der Waals surface area contributed by atoms with Crippen LogP contribution in [-0.2, 0) is 30.3 Å². The van der Waals surface area contributed by atoms with Gasteiger partial charge in [0.1, 0.15) is 12.1 Å². The summed E-state index contributed by atoms with van der Waals surface area (Å²) in [5.74, 6) is -6.41. The first-order chi connectivity index (χ1) is 15.2. The molecule has 1 aromatic heterocycles. The third kappa shape index (κ3) is 2.38. The van der Waals surface area contributed by atoms with E-state index in [-0.39, 0.29) is 17.7 Å². The molecule has 5 rings (SSSR count). The highest BCUT2D eigenvalue weighted by molar-refractivity contribution is 6.12. The van der Waals surface area contributed by atoms with Crippen molar-refractivity contribution < 1.29 is 38.9 Å². The van der Waals surface area contributed by atoms with E-state index in [0.717, 1.165) is 18.3 Å². The average molecular weight is 440 g/mol. The number of carbonyl (C=O) groups excluding carboxylic acids is 3. The van der Waals surface area contributed by atoms with E-state index in [1.165, 1.54) is 0 Å². The van der Waals surface area contributed by atoms with E-state index in [2.05, 4.69) is 4.98 Å². The largest absolute Gasteiger partial charge is 0.497 e. The summed E-state index contributed by atoms with van der Waals surface area (Å²) in [6.45, 7) is 1.56. The maximum absolute atomic E-state index is 13.9. The Morgan fingerprint density at radius 1 is 1.28 bits per heavy atom. The van der Waals surface area contributed by atoms with Gasteiger partial charge in [0.25, 0.3) is 0 Å². The topological polar surface area (TPSA) is 146 Å². The average Bonchev–Trinajstić information content (AvgIpc) is 3.22. The zero-order valence-electron chi connectivity index (χ0n) is 17.2. The van der Waals surface area contributed by atoms with Crippen molar-refractivity contribution in [2.24, 2.45) is 11.8 Å². The number of nitrogens with zero attached hydrogens (tertiary/aromatic N) is 1. The van der Waals surface area contributed by atoms with Crippen LogP contribution in [0.1, 0.15) is 23.0 Å². The van der Waals surface area contributed by atoms with Crippen molar-refractivity contribution in [3.05, 3.63) is 47.4 Å². The summed E-state index contributed by atoms with van der Waals surface area (Å²) in [6, 6.07) is 5.43. The number of para-hydroxylation sites is 1. The molecule has 4 heterocycles. The van der Waals surface area contributed by atoms with Crippen molar-refractivity contribution in [1.82, 2.24) is 9.88 Å². The highest BCUT2D eigenvalue weighted by atomic mass is 16.5. The normalized spacial score (nSPS) is 31.2. The summed E-state index contributed by atoms with van der Waals surface area (Å²) in [4.78, 5) is 55.8. The Morgan fingerprint density at radius 2 is 2.00 bits per heavy atom. The number of nitrogens with one attached hydrogen (secondary N) is 1. The zero-order valence-corrected chi connectivity index (χ0v) is 17.2. The van der Waals surface area contributed by atoms with Gasteiger partial charge in [0.2, 0.25) is 17.4 Å². The van der Waals surface area contributed by atoms with Gasteiger partial charge in [0.05, 0.1) is 36.5 Å². The number of aromatic amines is 1. The van der Waals surface area contributed by atoms with Gasteiger partial charge in [-0.3, -0.25) is 14.5 Å². The van der Waals surface area contributed by atoms with Crippen LogP contribution < -0.4 is 0 Å². The maximum Gasteiger partial charge on any atom is 0.337 e. The third-order valence-electron chi connectivity index (χ3n) is 6.72. The molecule has 0 saturated carbocycles. The molecule has 0 spiro atoms. The molecule has 0 unspecified atom stereocenters. The molecule has 0 aliphatic carbocycles. The monoisotopic (exact) mass is 440 g/mol. The number of aliphatic hydroxyl groups is 1. The second kappa shape index (κ2) is 6.67. The van der Waals surface area contributed by atoms with Crippen LogP contribution in [0, 0.1) is 11.8 Å². The van der Waals surface area contributed by atoms with Crippen LogP contribution in [0.5, 0.6) is 0 Å². The summed E-state index contributed by atoms with van der Waals surface area (Å²) in [6.07, 6.45) is 0.0775. The van der Waals surface area contributed by atoms with Crippen LogP contribution in [-0.4, -0.2) is 68.7 Å². The van der Waals surface area contributed by atoms with E-state index >= 15 is 0 Å². The molecular formula is C22H20N2O8. The zero-order chi connectivity index (χ0) is 22.9. The minimum atomic E-state index is -2.62. The molecule has 1 saturated heterocycles. The molecule has 3 aliphatic heterocycles. The van der Waals surface area contributed by atoms with E-state index in [1.54, 1.807) is 31.2 Å². The van der Waals surface area contributed by atoms with Crippen LogP contribution in [0.4, 0.5) is 0 Å². The molecule has 0 bridgehead atoms. The Hall–Kier alpha value is -3.66. The van der Waals surface area contributed by atoms with Crippen molar-refractivity contribution in [2.45, 2.75) is 31.2 Å². The first-order valence-electron chi connectivity index (χ1n) is 10.1. The number of carbonyl (C=O) groups is 4. The number of methoxy groups -OCH3 is 1. The first-order valence-corrected chi connectivity index (χ1v) is 10.1. The Kier molecular flexibility index (Phi) is 4.22. The molecule has 1 aromatic carbocycles. The summed E-state index contributed by atoms with van der Waals surface area (Å²) in [5, 5.41) is 22.6. The highest BCUT2D eigenvalue weighted by Gasteiger charge is 2.70. The van der Waals surface area contributed by atoms with Crippen molar-refractivity contribution in [3.8, 4) is 0 Å². The lowest BCUT2D eigenvalue weighted by Crippen LogP contribution is -2.60. The predicted octanol–water partition coefficient (Wildman–Crippen LogP) is 0.599. The fourth-order valence-electron chi connectivity index (χ4n) is 5.30. The van der Waals surface area contributed by atoms with Crippen LogP contribution >= 0.6 is 0 Å². The molecule has 5 atom stereocenters. The second-order valence-corrected chi connectivity index (χ2v) is 8.26. The number of hydrogen-bond acceptors (Lipinski definition) is 7. The number of amides is 1.